The molecule has 0 saturated carbocycles. The molecule has 0 bridgehead atoms. The molecule has 0 spiro atoms. The summed E-state index contributed by atoms with van der Waals surface area (Å²) in [6.07, 6.45) is 5.39. The minimum Gasteiger partial charge on any atom is -0.382 e. The molecule has 0 saturated heterocycles. The molecule has 0 aromatic carbocycles. The topological polar surface area (TPSA) is 71.5 Å². The monoisotopic (exact) mass is 262 g/mol. The number of nitrogens with two attached hydrogens (primary N) is 1. The van der Waals surface area contributed by atoms with Crippen LogP contribution in [0.5, 0.6) is 0 Å². The first-order chi connectivity index (χ1) is 8.97. The quantitative estimate of drug-likeness (QED) is 0.850. The van der Waals surface area contributed by atoms with Crippen LogP contribution in [0.2, 0.25) is 0 Å². The molecule has 0 amide bonds. The van der Waals surface area contributed by atoms with Gasteiger partial charge < -0.3 is 20.4 Å². The van der Waals surface area contributed by atoms with Gasteiger partial charge in [0.25, 0.3) is 0 Å². The number of likely N-dealkylation sites (N-methyl/N-ethyl adjacent to an activating group) is 1. The maximum Gasteiger partial charge on any atom is 0.180 e. The molecule has 0 fully saturated rings. The van der Waals surface area contributed by atoms with Crippen LogP contribution in [-0.4, -0.2) is 46.0 Å². The summed E-state index contributed by atoms with van der Waals surface area (Å²) in [7, 11) is 4.13. The second kappa shape index (κ2) is 5.44. The van der Waals surface area contributed by atoms with Gasteiger partial charge >= 0.3 is 0 Å². The molecule has 2 aromatic heterocycles. The molecule has 1 atom stereocenters. The van der Waals surface area contributed by atoms with E-state index in [0.29, 0.717) is 17.8 Å². The second-order valence-corrected chi connectivity index (χ2v) is 5.43. The smallest absolute Gasteiger partial charge is 0.180 e. The number of nitrogens with one attached hydrogen (secondary N) is 1. The molecule has 2 heterocycles. The molecule has 2 rings (SSSR count). The van der Waals surface area contributed by atoms with Gasteiger partial charge in [0.1, 0.15) is 5.82 Å². The van der Waals surface area contributed by atoms with Crippen LogP contribution in [0, 0.1) is 5.92 Å². The van der Waals surface area contributed by atoms with E-state index in [1.807, 2.05) is 10.6 Å². The van der Waals surface area contributed by atoms with Crippen molar-refractivity contribution < 1.29 is 0 Å². The van der Waals surface area contributed by atoms with E-state index in [9.17, 15) is 0 Å². The van der Waals surface area contributed by atoms with Crippen LogP contribution in [0.15, 0.2) is 18.6 Å². The molecule has 2 aromatic rings. The first-order valence-corrected chi connectivity index (χ1v) is 6.48. The van der Waals surface area contributed by atoms with Gasteiger partial charge in [-0.05, 0) is 20.0 Å². The molecule has 0 aliphatic carbocycles. The van der Waals surface area contributed by atoms with E-state index in [1.165, 1.54) is 0 Å². The lowest BCUT2D eigenvalue weighted by Gasteiger charge is -2.26. The van der Waals surface area contributed by atoms with Crippen molar-refractivity contribution in [2.75, 3.05) is 31.7 Å². The van der Waals surface area contributed by atoms with Gasteiger partial charge in [-0.2, -0.15) is 0 Å². The number of imidazole rings is 1. The van der Waals surface area contributed by atoms with Crippen LogP contribution in [0.25, 0.3) is 5.65 Å². The molecular formula is C13H22N6. The third kappa shape index (κ3) is 3.14. The first kappa shape index (κ1) is 13.6. The van der Waals surface area contributed by atoms with E-state index in [4.69, 9.17) is 5.73 Å². The molecular weight excluding hydrogens is 240 g/mol. The van der Waals surface area contributed by atoms with Gasteiger partial charge in [0.05, 0.1) is 6.20 Å². The van der Waals surface area contributed by atoms with E-state index >= 15 is 0 Å². The van der Waals surface area contributed by atoms with Crippen LogP contribution >= 0.6 is 0 Å². The number of hydrogen-bond donors (Lipinski definition) is 2. The van der Waals surface area contributed by atoms with E-state index in [2.05, 4.69) is 48.1 Å². The highest BCUT2D eigenvalue weighted by Crippen LogP contribution is 2.18. The van der Waals surface area contributed by atoms with Crippen molar-refractivity contribution in [3.8, 4) is 0 Å². The van der Waals surface area contributed by atoms with Gasteiger partial charge in [-0.15, -0.1) is 0 Å². The predicted molar refractivity (Wildman–Crippen MR) is 78.2 cm³/mol. The fraction of sp³-hybridized carbons (Fsp3) is 0.538. The van der Waals surface area contributed by atoms with Crippen LogP contribution in [-0.2, 0) is 0 Å². The number of nitrogens with zero attached hydrogens (tertiary/aromatic N) is 4. The van der Waals surface area contributed by atoms with E-state index in [0.717, 1.165) is 18.0 Å². The summed E-state index contributed by atoms with van der Waals surface area (Å²) in [5.74, 6) is 1.71. The van der Waals surface area contributed by atoms with Crippen LogP contribution < -0.4 is 11.1 Å². The molecule has 0 radical (unpaired) electrons. The van der Waals surface area contributed by atoms with Gasteiger partial charge in [0.15, 0.2) is 11.5 Å². The van der Waals surface area contributed by atoms with Crippen LogP contribution in [0.4, 0.5) is 11.6 Å². The number of hydrogen-bond acceptors (Lipinski definition) is 5. The van der Waals surface area contributed by atoms with E-state index < -0.39 is 0 Å². The Morgan fingerprint density at radius 3 is 2.79 bits per heavy atom. The number of anilines is 2. The highest BCUT2D eigenvalue weighted by molar-refractivity contribution is 5.65. The average molecular weight is 262 g/mol. The SMILES string of the molecule is CC(C)C(CN(C)C)Nc1nc(N)cn2ccnc12. The summed E-state index contributed by atoms with van der Waals surface area (Å²) in [4.78, 5) is 10.8. The largest absolute Gasteiger partial charge is 0.382 e. The number of aromatic nitrogens is 3. The second-order valence-electron chi connectivity index (χ2n) is 5.43. The minimum absolute atomic E-state index is 0.296. The van der Waals surface area contributed by atoms with Gasteiger partial charge in [-0.3, -0.25) is 0 Å². The molecule has 19 heavy (non-hydrogen) atoms. The summed E-state index contributed by atoms with van der Waals surface area (Å²) in [5, 5.41) is 3.46. The van der Waals surface area contributed by atoms with Crippen LogP contribution in [0.1, 0.15) is 13.8 Å². The molecule has 3 N–H and O–H groups in total. The Hall–Kier alpha value is -1.82. The maximum atomic E-state index is 5.83. The van der Waals surface area contributed by atoms with Crippen molar-refractivity contribution in [3.63, 3.8) is 0 Å². The summed E-state index contributed by atoms with van der Waals surface area (Å²) >= 11 is 0. The van der Waals surface area contributed by atoms with Crippen molar-refractivity contribution in [2.45, 2.75) is 19.9 Å². The molecule has 0 aliphatic rings. The van der Waals surface area contributed by atoms with Gasteiger partial charge in [-0.25, -0.2) is 9.97 Å². The zero-order valence-electron chi connectivity index (χ0n) is 12.0. The van der Waals surface area contributed by atoms with Crippen molar-refractivity contribution in [3.05, 3.63) is 18.6 Å². The van der Waals surface area contributed by atoms with Crippen molar-refractivity contribution in [2.24, 2.45) is 5.92 Å². The third-order valence-electron chi connectivity index (χ3n) is 3.08. The zero-order chi connectivity index (χ0) is 14.0. The van der Waals surface area contributed by atoms with E-state index in [-0.39, 0.29) is 0 Å². The lowest BCUT2D eigenvalue weighted by atomic mass is 10.0. The Morgan fingerprint density at radius 2 is 2.16 bits per heavy atom. The molecule has 6 nitrogen and oxygen atoms in total. The Balaban J connectivity index is 2.30. The summed E-state index contributed by atoms with van der Waals surface area (Å²) in [6, 6.07) is 0.296. The number of rotatable bonds is 5. The standard InChI is InChI=1S/C13H22N6/c1-9(2)10(7-18(3)4)16-12-13-15-5-6-19(13)8-11(14)17-12/h5-6,8-10H,7,14H2,1-4H3,(H,16,17). The summed E-state index contributed by atoms with van der Waals surface area (Å²) < 4.78 is 1.89. The number of fused-ring (bicyclic) bond motifs is 1. The Labute approximate surface area is 113 Å². The van der Waals surface area contributed by atoms with Gasteiger partial charge in [-0.1, -0.05) is 13.8 Å². The highest BCUT2D eigenvalue weighted by Gasteiger charge is 2.17. The predicted octanol–water partition coefficient (Wildman–Crippen LogP) is 1.31. The lowest BCUT2D eigenvalue weighted by molar-refractivity contribution is 0.344. The summed E-state index contributed by atoms with van der Waals surface area (Å²) in [5.41, 5.74) is 6.63. The van der Waals surface area contributed by atoms with Gasteiger partial charge in [0, 0.05) is 25.0 Å². The minimum atomic E-state index is 0.296. The third-order valence-corrected chi connectivity index (χ3v) is 3.08. The fourth-order valence-electron chi connectivity index (χ4n) is 2.04. The molecule has 0 aliphatic heterocycles. The maximum absolute atomic E-state index is 5.83. The Morgan fingerprint density at radius 1 is 1.42 bits per heavy atom. The number of nitrogen functional groups attached to an aromatic ring is 1. The van der Waals surface area contributed by atoms with Crippen molar-refractivity contribution in [1.29, 1.82) is 0 Å². The molecule has 1 unspecified atom stereocenters. The average Bonchev–Trinajstić information content (AvgIpc) is 2.75. The lowest BCUT2D eigenvalue weighted by Crippen LogP contribution is -2.36. The van der Waals surface area contributed by atoms with E-state index in [1.54, 1.807) is 12.4 Å². The highest BCUT2D eigenvalue weighted by atomic mass is 15.2. The zero-order valence-corrected chi connectivity index (χ0v) is 12.0. The van der Waals surface area contributed by atoms with Crippen LogP contribution in [0.3, 0.4) is 0 Å². The van der Waals surface area contributed by atoms with Crippen molar-refractivity contribution in [1.82, 2.24) is 19.3 Å². The Kier molecular flexibility index (Phi) is 3.90. The molecule has 6 heteroatoms. The Bertz CT molecular complexity index is 545. The van der Waals surface area contributed by atoms with Crippen molar-refractivity contribution >= 4 is 17.3 Å². The normalized spacial score (nSPS) is 13.4. The van der Waals surface area contributed by atoms with Gasteiger partial charge in [0.2, 0.25) is 0 Å². The summed E-state index contributed by atoms with van der Waals surface area (Å²) in [6.45, 7) is 5.31. The first-order valence-electron chi connectivity index (χ1n) is 6.48. The fourth-order valence-corrected chi connectivity index (χ4v) is 2.04. The molecule has 104 valence electrons.